The van der Waals surface area contributed by atoms with Gasteiger partial charge < -0.3 is 0 Å². The Labute approximate surface area is 171 Å². The minimum atomic E-state index is -4.47. The number of anilines is 1. The summed E-state index contributed by atoms with van der Waals surface area (Å²) in [5.41, 5.74) is 0.00679. The highest BCUT2D eigenvalue weighted by atomic mass is 35.5. The molecule has 2 aromatic heterocycles. The number of carbonyl (C=O) groups excluding carboxylic acids is 1. The third-order valence-corrected chi connectivity index (χ3v) is 5.06. The largest absolute Gasteiger partial charge is 0.390 e. The lowest BCUT2D eigenvalue weighted by molar-refractivity contribution is -0.129. The highest BCUT2D eigenvalue weighted by Crippen LogP contribution is 2.26. The van der Waals surface area contributed by atoms with E-state index in [1.807, 2.05) is 0 Å². The molecule has 0 aliphatic heterocycles. The Morgan fingerprint density at radius 2 is 2.17 bits per heavy atom. The van der Waals surface area contributed by atoms with Gasteiger partial charge in [-0.1, -0.05) is 17.5 Å². The van der Waals surface area contributed by atoms with Crippen LogP contribution in [0.3, 0.4) is 0 Å². The number of nitrogens with zero attached hydrogens (tertiary/aromatic N) is 4. The Bertz CT molecular complexity index is 956. The summed E-state index contributed by atoms with van der Waals surface area (Å²) in [5, 5.41) is 11.8. The van der Waals surface area contributed by atoms with Gasteiger partial charge in [0.1, 0.15) is 11.4 Å². The van der Waals surface area contributed by atoms with E-state index in [2.05, 4.69) is 16.0 Å². The molecular weight excluding hydrogens is 431 g/mol. The van der Waals surface area contributed by atoms with Gasteiger partial charge in [-0.05, 0) is 12.1 Å². The van der Waals surface area contributed by atoms with Gasteiger partial charge in [0.25, 0.3) is 5.91 Å². The Kier molecular flexibility index (Phi) is 7.53. The number of pyridine rings is 1. The summed E-state index contributed by atoms with van der Waals surface area (Å²) in [7, 11) is -2.03. The molecule has 154 valence electrons. The van der Waals surface area contributed by atoms with E-state index in [1.165, 1.54) is 17.1 Å². The molecule has 1 atom stereocenters. The Morgan fingerprint density at radius 3 is 2.76 bits per heavy atom. The zero-order chi connectivity index (χ0) is 21.6. The molecule has 0 aromatic carbocycles. The lowest BCUT2D eigenvalue weighted by atomic mass is 10.3. The summed E-state index contributed by atoms with van der Waals surface area (Å²) in [5.74, 6) is -0.00293. The van der Waals surface area contributed by atoms with Crippen LogP contribution in [-0.4, -0.2) is 54.8 Å². The number of amides is 1. The average molecular weight is 446 g/mol. The zero-order valence-corrected chi connectivity index (χ0v) is 16.4. The topological polar surface area (TPSA) is 91.9 Å². The molecule has 1 unspecified atom stereocenters. The molecule has 2 rings (SSSR count). The number of halogens is 4. The normalized spacial score (nSPS) is 12.2. The van der Waals surface area contributed by atoms with E-state index in [4.69, 9.17) is 23.4 Å². The van der Waals surface area contributed by atoms with Crippen molar-refractivity contribution in [3.63, 3.8) is 0 Å². The smallest absolute Gasteiger partial charge is 0.299 e. The van der Waals surface area contributed by atoms with Gasteiger partial charge in [0.15, 0.2) is 5.15 Å². The van der Waals surface area contributed by atoms with Crippen molar-refractivity contribution < 1.29 is 22.2 Å². The van der Waals surface area contributed by atoms with Gasteiger partial charge in [-0.3, -0.25) is 24.3 Å². The third kappa shape index (κ3) is 6.40. The lowest BCUT2D eigenvalue weighted by Crippen LogP contribution is -2.39. The SMILES string of the molecule is C#CCN(C(=O)C(=N)CS(=O)CCC(F)(F)F)c1cn(-c2cccnc2)nc1Cl. The van der Waals surface area contributed by atoms with E-state index in [-0.39, 0.29) is 17.4 Å². The minimum absolute atomic E-state index is 0.0801. The number of hydrogen-bond donors (Lipinski definition) is 1. The van der Waals surface area contributed by atoms with Gasteiger partial charge in [-0.15, -0.1) is 6.42 Å². The van der Waals surface area contributed by atoms with Crippen LogP contribution in [-0.2, 0) is 15.6 Å². The van der Waals surface area contributed by atoms with E-state index >= 15 is 0 Å². The molecule has 7 nitrogen and oxygen atoms in total. The highest BCUT2D eigenvalue weighted by molar-refractivity contribution is 7.85. The van der Waals surface area contributed by atoms with Crippen molar-refractivity contribution in [3.8, 4) is 18.0 Å². The molecule has 2 heterocycles. The molecule has 1 N–H and O–H groups in total. The van der Waals surface area contributed by atoms with Crippen LogP contribution in [0.4, 0.5) is 18.9 Å². The molecule has 0 saturated heterocycles. The molecular formula is C17H15ClF3N5O2S. The van der Waals surface area contributed by atoms with E-state index in [1.54, 1.807) is 18.3 Å². The first-order valence-corrected chi connectivity index (χ1v) is 9.89. The van der Waals surface area contributed by atoms with Crippen LogP contribution in [0.2, 0.25) is 5.15 Å². The van der Waals surface area contributed by atoms with Gasteiger partial charge in [0, 0.05) is 22.7 Å². The molecule has 0 radical (unpaired) electrons. The number of carbonyl (C=O) groups is 1. The molecule has 0 fully saturated rings. The lowest BCUT2D eigenvalue weighted by Gasteiger charge is -2.19. The standard InChI is InChI=1S/C17H15ClF3N5O2S/c1-2-7-25(16(27)13(22)11-29(28)8-5-17(19,20)21)14-10-26(24-15(14)18)12-4-3-6-23-9-12/h1,3-4,6,9-10,22H,5,7-8,11H2. The first-order chi connectivity index (χ1) is 13.6. The number of alkyl halides is 3. The van der Waals surface area contributed by atoms with Crippen molar-refractivity contribution in [2.75, 3.05) is 23.0 Å². The Balaban J connectivity index is 2.18. The predicted molar refractivity (Wildman–Crippen MR) is 104 cm³/mol. The second-order valence-corrected chi connectivity index (χ2v) is 7.62. The monoisotopic (exact) mass is 445 g/mol. The molecule has 0 spiro atoms. The third-order valence-electron chi connectivity index (χ3n) is 3.52. The predicted octanol–water partition coefficient (Wildman–Crippen LogP) is 2.61. The van der Waals surface area contributed by atoms with E-state index in [0.29, 0.717) is 5.69 Å². The van der Waals surface area contributed by atoms with Gasteiger partial charge in [-0.25, -0.2) is 4.68 Å². The summed E-state index contributed by atoms with van der Waals surface area (Å²) < 4.78 is 49.8. The average Bonchev–Trinajstić information content (AvgIpc) is 3.05. The van der Waals surface area contributed by atoms with Gasteiger partial charge in [0.2, 0.25) is 0 Å². The second-order valence-electron chi connectivity index (χ2n) is 5.69. The maximum Gasteiger partial charge on any atom is 0.390 e. The first kappa shape index (κ1) is 22.6. The molecule has 29 heavy (non-hydrogen) atoms. The summed E-state index contributed by atoms with van der Waals surface area (Å²) in [6.45, 7) is -0.269. The number of terminal acetylenes is 1. The Hall–Kier alpha value is -2.71. The summed E-state index contributed by atoms with van der Waals surface area (Å²) >= 11 is 6.11. The first-order valence-electron chi connectivity index (χ1n) is 8.02. The molecule has 2 aromatic rings. The van der Waals surface area contributed by atoms with Crippen LogP contribution in [0.25, 0.3) is 5.69 Å². The zero-order valence-electron chi connectivity index (χ0n) is 14.8. The summed E-state index contributed by atoms with van der Waals surface area (Å²) in [4.78, 5) is 17.5. The Morgan fingerprint density at radius 1 is 1.45 bits per heavy atom. The second kappa shape index (κ2) is 9.67. The molecule has 0 saturated carbocycles. The van der Waals surface area contributed by atoms with Crippen molar-refractivity contribution in [2.24, 2.45) is 0 Å². The molecule has 0 bridgehead atoms. The van der Waals surface area contributed by atoms with E-state index in [0.717, 1.165) is 4.90 Å². The molecule has 1 amide bonds. The van der Waals surface area contributed by atoms with Crippen molar-refractivity contribution in [2.45, 2.75) is 12.6 Å². The van der Waals surface area contributed by atoms with Gasteiger partial charge in [-0.2, -0.15) is 18.3 Å². The molecule has 0 aliphatic rings. The molecule has 0 aliphatic carbocycles. The van der Waals surface area contributed by atoms with Gasteiger partial charge in [0.05, 0.1) is 36.8 Å². The fourth-order valence-corrected chi connectivity index (χ4v) is 3.47. The van der Waals surface area contributed by atoms with Crippen LogP contribution >= 0.6 is 11.6 Å². The van der Waals surface area contributed by atoms with E-state index < -0.39 is 46.5 Å². The van der Waals surface area contributed by atoms with Crippen molar-refractivity contribution in [3.05, 3.63) is 35.9 Å². The maximum absolute atomic E-state index is 12.6. The van der Waals surface area contributed by atoms with Crippen LogP contribution in [0.1, 0.15) is 6.42 Å². The maximum atomic E-state index is 12.6. The van der Waals surface area contributed by atoms with Crippen LogP contribution in [0, 0.1) is 17.8 Å². The number of rotatable bonds is 8. The summed E-state index contributed by atoms with van der Waals surface area (Å²) in [6, 6.07) is 3.36. The van der Waals surface area contributed by atoms with Crippen LogP contribution < -0.4 is 4.90 Å². The van der Waals surface area contributed by atoms with Crippen molar-refractivity contribution in [1.82, 2.24) is 14.8 Å². The molecule has 12 heteroatoms. The van der Waals surface area contributed by atoms with Crippen LogP contribution in [0.15, 0.2) is 30.7 Å². The minimum Gasteiger partial charge on any atom is -0.299 e. The van der Waals surface area contributed by atoms with Crippen molar-refractivity contribution in [1.29, 1.82) is 5.41 Å². The van der Waals surface area contributed by atoms with E-state index in [9.17, 15) is 22.2 Å². The number of aromatic nitrogens is 3. The highest BCUT2D eigenvalue weighted by Gasteiger charge is 2.29. The fourth-order valence-electron chi connectivity index (χ4n) is 2.19. The quantitative estimate of drug-likeness (QED) is 0.499. The van der Waals surface area contributed by atoms with Crippen molar-refractivity contribution >= 4 is 39.7 Å². The van der Waals surface area contributed by atoms with Crippen LogP contribution in [0.5, 0.6) is 0 Å². The number of hydrogen-bond acceptors (Lipinski definition) is 5. The number of nitrogens with one attached hydrogen (secondary N) is 1. The fraction of sp³-hybridized carbons (Fsp3) is 0.294. The summed E-state index contributed by atoms with van der Waals surface area (Å²) in [6.07, 6.45) is 4.03. The van der Waals surface area contributed by atoms with Gasteiger partial charge >= 0.3 is 6.18 Å².